The van der Waals surface area contributed by atoms with Crippen LogP contribution in [0.2, 0.25) is 0 Å². The van der Waals surface area contributed by atoms with Gasteiger partial charge < -0.3 is 15.1 Å². The molecular formula is C23H26N4O2S2. The molecule has 3 aromatic rings. The molecule has 1 aromatic heterocycles. The lowest BCUT2D eigenvalue weighted by atomic mass is 10.1. The highest BCUT2D eigenvalue weighted by Gasteiger charge is 2.23. The van der Waals surface area contributed by atoms with Crippen LogP contribution in [-0.2, 0) is 9.59 Å². The number of benzene rings is 2. The standard InChI is InChI=1S/C23H26N4O2S2/c1-16-6-5-7-17(2)22(16)25-20(28)14-30-15-21(29)26-10-12-27(13-11-26)23-24-18-8-3-4-9-19(18)31-23/h3-9H,10-15H2,1-2H3,(H,25,28). The predicted molar refractivity (Wildman–Crippen MR) is 130 cm³/mol. The molecule has 0 aliphatic carbocycles. The van der Waals surface area contributed by atoms with Crippen molar-refractivity contribution in [3.8, 4) is 0 Å². The van der Waals surface area contributed by atoms with E-state index in [1.54, 1.807) is 11.3 Å². The Hall–Kier alpha value is -2.58. The molecule has 1 N–H and O–H groups in total. The van der Waals surface area contributed by atoms with Gasteiger partial charge in [-0.1, -0.05) is 41.7 Å². The molecule has 31 heavy (non-hydrogen) atoms. The second-order valence-electron chi connectivity index (χ2n) is 7.64. The summed E-state index contributed by atoms with van der Waals surface area (Å²) in [4.78, 5) is 33.7. The van der Waals surface area contributed by atoms with Crippen molar-refractivity contribution < 1.29 is 9.59 Å². The Kier molecular flexibility index (Phi) is 6.77. The number of aryl methyl sites for hydroxylation is 2. The number of amides is 2. The van der Waals surface area contributed by atoms with Crippen LogP contribution in [0.4, 0.5) is 10.8 Å². The average Bonchev–Trinajstić information content (AvgIpc) is 3.21. The third kappa shape index (κ3) is 5.19. The zero-order chi connectivity index (χ0) is 21.8. The van der Waals surface area contributed by atoms with Crippen LogP contribution in [0, 0.1) is 13.8 Å². The maximum Gasteiger partial charge on any atom is 0.234 e. The molecular weight excluding hydrogens is 428 g/mol. The number of aromatic nitrogens is 1. The highest BCUT2D eigenvalue weighted by Crippen LogP contribution is 2.29. The third-order valence-corrected chi connectivity index (χ3v) is 7.40. The lowest BCUT2D eigenvalue weighted by Gasteiger charge is -2.34. The molecule has 162 valence electrons. The van der Waals surface area contributed by atoms with E-state index in [9.17, 15) is 9.59 Å². The smallest absolute Gasteiger partial charge is 0.234 e. The van der Waals surface area contributed by atoms with Gasteiger partial charge in [0, 0.05) is 31.9 Å². The van der Waals surface area contributed by atoms with Gasteiger partial charge in [-0.25, -0.2) is 4.98 Å². The molecule has 1 fully saturated rings. The van der Waals surface area contributed by atoms with E-state index in [0.717, 1.165) is 40.6 Å². The van der Waals surface area contributed by atoms with Crippen molar-refractivity contribution in [1.82, 2.24) is 9.88 Å². The van der Waals surface area contributed by atoms with Gasteiger partial charge in [0.25, 0.3) is 0 Å². The van der Waals surface area contributed by atoms with Gasteiger partial charge in [-0.3, -0.25) is 9.59 Å². The largest absolute Gasteiger partial charge is 0.345 e. The first-order valence-corrected chi connectivity index (χ1v) is 12.3. The summed E-state index contributed by atoms with van der Waals surface area (Å²) in [6, 6.07) is 14.1. The zero-order valence-corrected chi connectivity index (χ0v) is 19.4. The summed E-state index contributed by atoms with van der Waals surface area (Å²) in [5, 5.41) is 3.99. The quantitative estimate of drug-likeness (QED) is 0.611. The normalized spacial score (nSPS) is 14.1. The second kappa shape index (κ2) is 9.70. The van der Waals surface area contributed by atoms with Crippen LogP contribution in [0.15, 0.2) is 42.5 Å². The Bertz CT molecular complexity index is 1040. The molecule has 0 atom stereocenters. The number of nitrogens with zero attached hydrogens (tertiary/aromatic N) is 3. The molecule has 0 unspecified atom stereocenters. The van der Waals surface area contributed by atoms with Crippen molar-refractivity contribution in [1.29, 1.82) is 0 Å². The molecule has 2 aromatic carbocycles. The lowest BCUT2D eigenvalue weighted by molar-refractivity contribution is -0.128. The van der Waals surface area contributed by atoms with Crippen molar-refractivity contribution in [3.05, 3.63) is 53.6 Å². The number of hydrogen-bond acceptors (Lipinski definition) is 6. The number of thiazole rings is 1. The maximum absolute atomic E-state index is 12.6. The monoisotopic (exact) mass is 454 g/mol. The molecule has 0 radical (unpaired) electrons. The fraction of sp³-hybridized carbons (Fsp3) is 0.348. The Morgan fingerprint density at radius 3 is 2.42 bits per heavy atom. The molecule has 2 heterocycles. The number of rotatable bonds is 6. The first kappa shape index (κ1) is 21.6. The molecule has 8 heteroatoms. The van der Waals surface area contributed by atoms with Crippen LogP contribution in [-0.4, -0.2) is 59.4 Å². The first-order chi connectivity index (χ1) is 15.0. The van der Waals surface area contributed by atoms with E-state index in [1.807, 2.05) is 55.1 Å². The van der Waals surface area contributed by atoms with Crippen LogP contribution in [0.3, 0.4) is 0 Å². The second-order valence-corrected chi connectivity index (χ2v) is 9.63. The number of carbonyl (C=O) groups is 2. The summed E-state index contributed by atoms with van der Waals surface area (Å²) < 4.78 is 1.19. The first-order valence-electron chi connectivity index (χ1n) is 10.3. The van der Waals surface area contributed by atoms with E-state index >= 15 is 0 Å². The molecule has 6 nitrogen and oxygen atoms in total. The predicted octanol–water partition coefficient (Wildman–Crippen LogP) is 3.93. The van der Waals surface area contributed by atoms with Crippen molar-refractivity contribution >= 4 is 55.9 Å². The van der Waals surface area contributed by atoms with E-state index < -0.39 is 0 Å². The minimum Gasteiger partial charge on any atom is -0.345 e. The molecule has 1 saturated heterocycles. The Balaban J connectivity index is 1.21. The minimum absolute atomic E-state index is 0.0733. The molecule has 0 saturated carbocycles. The number of para-hydroxylation sites is 2. The molecule has 1 aliphatic heterocycles. The number of piperazine rings is 1. The highest BCUT2D eigenvalue weighted by molar-refractivity contribution is 8.00. The maximum atomic E-state index is 12.6. The van der Waals surface area contributed by atoms with Crippen LogP contribution < -0.4 is 10.2 Å². The third-order valence-electron chi connectivity index (χ3n) is 5.39. The van der Waals surface area contributed by atoms with Crippen LogP contribution in [0.25, 0.3) is 10.2 Å². The van der Waals surface area contributed by atoms with Crippen molar-refractivity contribution in [2.45, 2.75) is 13.8 Å². The number of fused-ring (bicyclic) bond motifs is 1. The van der Waals surface area contributed by atoms with Crippen LogP contribution in [0.5, 0.6) is 0 Å². The van der Waals surface area contributed by atoms with E-state index in [2.05, 4.69) is 16.3 Å². The topological polar surface area (TPSA) is 65.5 Å². The van der Waals surface area contributed by atoms with Gasteiger partial charge in [-0.15, -0.1) is 11.8 Å². The minimum atomic E-state index is -0.0733. The highest BCUT2D eigenvalue weighted by atomic mass is 32.2. The van der Waals surface area contributed by atoms with Crippen LogP contribution in [0.1, 0.15) is 11.1 Å². The molecule has 0 bridgehead atoms. The van der Waals surface area contributed by atoms with Gasteiger partial charge in [-0.05, 0) is 37.1 Å². The van der Waals surface area contributed by atoms with Crippen molar-refractivity contribution in [3.63, 3.8) is 0 Å². The molecule has 1 aliphatic rings. The molecule has 4 rings (SSSR count). The van der Waals surface area contributed by atoms with Gasteiger partial charge in [0.05, 0.1) is 21.7 Å². The fourth-order valence-corrected chi connectivity index (χ4v) is 5.39. The van der Waals surface area contributed by atoms with E-state index in [4.69, 9.17) is 4.98 Å². The van der Waals surface area contributed by atoms with E-state index in [-0.39, 0.29) is 17.6 Å². The number of hydrogen-bond donors (Lipinski definition) is 1. The Morgan fingerprint density at radius 1 is 1.00 bits per heavy atom. The average molecular weight is 455 g/mol. The van der Waals surface area contributed by atoms with Crippen molar-refractivity contribution in [2.24, 2.45) is 0 Å². The van der Waals surface area contributed by atoms with Crippen molar-refractivity contribution in [2.75, 3.05) is 47.9 Å². The van der Waals surface area contributed by atoms with Gasteiger partial charge in [0.1, 0.15) is 0 Å². The summed E-state index contributed by atoms with van der Waals surface area (Å²) in [7, 11) is 0. The summed E-state index contributed by atoms with van der Waals surface area (Å²) >= 11 is 3.06. The number of nitrogens with one attached hydrogen (secondary N) is 1. The Morgan fingerprint density at radius 2 is 1.71 bits per heavy atom. The summed E-state index contributed by atoms with van der Waals surface area (Å²) in [5.41, 5.74) is 3.97. The number of anilines is 2. The van der Waals surface area contributed by atoms with Gasteiger partial charge >= 0.3 is 0 Å². The molecule has 0 spiro atoms. The lowest BCUT2D eigenvalue weighted by Crippen LogP contribution is -2.49. The number of thioether (sulfide) groups is 1. The van der Waals surface area contributed by atoms with Gasteiger partial charge in [0.15, 0.2) is 5.13 Å². The van der Waals surface area contributed by atoms with E-state index in [0.29, 0.717) is 18.8 Å². The SMILES string of the molecule is Cc1cccc(C)c1NC(=O)CSCC(=O)N1CCN(c2nc3ccccc3s2)CC1. The molecule has 2 amide bonds. The van der Waals surface area contributed by atoms with Crippen LogP contribution >= 0.6 is 23.1 Å². The Labute approximate surface area is 190 Å². The van der Waals surface area contributed by atoms with Gasteiger partial charge in [0.2, 0.25) is 11.8 Å². The fourth-order valence-electron chi connectivity index (χ4n) is 3.65. The zero-order valence-electron chi connectivity index (χ0n) is 17.8. The van der Waals surface area contributed by atoms with Gasteiger partial charge in [-0.2, -0.15) is 0 Å². The summed E-state index contributed by atoms with van der Waals surface area (Å²) in [5.74, 6) is 0.608. The number of carbonyl (C=O) groups excluding carboxylic acids is 2. The summed E-state index contributed by atoms with van der Waals surface area (Å²) in [6.45, 7) is 6.89. The summed E-state index contributed by atoms with van der Waals surface area (Å²) in [6.07, 6.45) is 0. The van der Waals surface area contributed by atoms with E-state index in [1.165, 1.54) is 16.5 Å².